The van der Waals surface area contributed by atoms with Gasteiger partial charge < -0.3 is 9.47 Å². The number of hydrogen-bond donors (Lipinski definition) is 1. The Bertz CT molecular complexity index is 431. The van der Waals surface area contributed by atoms with Gasteiger partial charge in [-0.1, -0.05) is 12.1 Å². The van der Waals surface area contributed by atoms with Crippen LogP contribution in [0.3, 0.4) is 0 Å². The molecule has 0 aliphatic heterocycles. The maximum atomic E-state index is 11.9. The van der Waals surface area contributed by atoms with Gasteiger partial charge in [-0.25, -0.2) is 4.79 Å². The number of aryl methyl sites for hydroxylation is 1. The van der Waals surface area contributed by atoms with Crippen LogP contribution in [0, 0.1) is 6.92 Å². The van der Waals surface area contributed by atoms with E-state index in [4.69, 9.17) is 9.47 Å². The minimum atomic E-state index is -0.855. The molecule has 1 rings (SSSR count). The number of rotatable bonds is 6. The smallest absolute Gasteiger partial charge is 0.329 e. The Balaban J connectivity index is 2.75. The molecule has 0 heterocycles. The van der Waals surface area contributed by atoms with Gasteiger partial charge in [-0.05, 0) is 45.4 Å². The highest BCUT2D eigenvalue weighted by molar-refractivity contribution is 5.80. The lowest BCUT2D eigenvalue weighted by Gasteiger charge is -2.30. The molecule has 1 aromatic rings. The fourth-order valence-electron chi connectivity index (χ4n) is 1.95. The van der Waals surface area contributed by atoms with Gasteiger partial charge in [0.1, 0.15) is 17.9 Å². The molecule has 0 aliphatic carbocycles. The van der Waals surface area contributed by atoms with Gasteiger partial charge in [-0.15, -0.1) is 0 Å². The summed E-state index contributed by atoms with van der Waals surface area (Å²) < 4.78 is 10.6. The highest BCUT2D eigenvalue weighted by Gasteiger charge is 2.35. The van der Waals surface area contributed by atoms with E-state index in [-0.39, 0.29) is 18.6 Å². The second-order valence-electron chi connectivity index (χ2n) is 5.23. The van der Waals surface area contributed by atoms with Crippen molar-refractivity contribution in [2.45, 2.75) is 39.3 Å². The first-order valence-corrected chi connectivity index (χ1v) is 6.43. The number of benzene rings is 1. The zero-order valence-corrected chi connectivity index (χ0v) is 12.3. The molecule has 0 aromatic heterocycles. The average Bonchev–Trinajstić information content (AvgIpc) is 2.34. The second-order valence-corrected chi connectivity index (χ2v) is 5.23. The molecular weight excluding hydrogens is 242 g/mol. The molecule has 0 bridgehead atoms. The lowest BCUT2D eigenvalue weighted by Crippen LogP contribution is -2.56. The fraction of sp³-hybridized carbons (Fsp3) is 0.533. The quantitative estimate of drug-likeness (QED) is 0.802. The van der Waals surface area contributed by atoms with Gasteiger partial charge >= 0.3 is 5.97 Å². The maximum Gasteiger partial charge on any atom is 0.329 e. The van der Waals surface area contributed by atoms with Crippen LogP contribution < -0.4 is 10.1 Å². The molecule has 0 saturated heterocycles. The Hall–Kier alpha value is -1.55. The van der Waals surface area contributed by atoms with E-state index in [1.54, 1.807) is 6.92 Å². The molecule has 0 amide bonds. The second kappa shape index (κ2) is 6.57. The lowest BCUT2D eigenvalue weighted by molar-refractivity contribution is -0.149. The van der Waals surface area contributed by atoms with Crippen molar-refractivity contribution in [1.29, 1.82) is 0 Å². The summed E-state index contributed by atoms with van der Waals surface area (Å²) in [6, 6.07) is 7.90. The zero-order valence-electron chi connectivity index (χ0n) is 12.3. The molecule has 106 valence electrons. The molecule has 4 heteroatoms. The summed E-state index contributed by atoms with van der Waals surface area (Å²) in [5, 5.41) is 3.19. The number of ether oxygens (including phenoxy) is 2. The molecule has 0 aliphatic rings. The Morgan fingerprint density at radius 3 is 2.63 bits per heavy atom. The van der Waals surface area contributed by atoms with Crippen molar-refractivity contribution in [3.63, 3.8) is 0 Å². The van der Waals surface area contributed by atoms with Crippen LogP contribution in [0.5, 0.6) is 5.75 Å². The molecule has 0 spiro atoms. The van der Waals surface area contributed by atoms with Crippen LogP contribution in [0.2, 0.25) is 0 Å². The van der Waals surface area contributed by atoms with E-state index in [1.807, 2.05) is 45.0 Å². The van der Waals surface area contributed by atoms with Gasteiger partial charge in [0.25, 0.3) is 0 Å². The van der Waals surface area contributed by atoms with Gasteiger partial charge in [0, 0.05) is 6.04 Å². The third-order valence-electron chi connectivity index (χ3n) is 2.76. The molecule has 1 N–H and O–H groups in total. The standard InChI is InChI=1S/C15H23NO3/c1-11(2)16-15(4,14(17)18-5)10-19-13-8-6-7-12(3)9-13/h6-9,11,16H,10H2,1-5H3. The molecule has 19 heavy (non-hydrogen) atoms. The van der Waals surface area contributed by atoms with Crippen molar-refractivity contribution >= 4 is 5.97 Å². The Morgan fingerprint density at radius 2 is 2.11 bits per heavy atom. The van der Waals surface area contributed by atoms with E-state index in [0.29, 0.717) is 0 Å². The monoisotopic (exact) mass is 265 g/mol. The number of nitrogens with one attached hydrogen (secondary N) is 1. The summed E-state index contributed by atoms with van der Waals surface area (Å²) in [5.41, 5.74) is 0.265. The Labute approximate surface area is 115 Å². The largest absolute Gasteiger partial charge is 0.491 e. The summed E-state index contributed by atoms with van der Waals surface area (Å²) in [5.74, 6) is 0.425. The van der Waals surface area contributed by atoms with Gasteiger partial charge in [-0.2, -0.15) is 0 Å². The number of hydrogen-bond acceptors (Lipinski definition) is 4. The Morgan fingerprint density at radius 1 is 1.42 bits per heavy atom. The summed E-state index contributed by atoms with van der Waals surface area (Å²) in [6.07, 6.45) is 0. The number of esters is 1. The fourth-order valence-corrected chi connectivity index (χ4v) is 1.95. The molecule has 0 fully saturated rings. The molecular formula is C15H23NO3. The van der Waals surface area contributed by atoms with Crippen LogP contribution in [0.15, 0.2) is 24.3 Å². The third-order valence-corrected chi connectivity index (χ3v) is 2.76. The highest BCUT2D eigenvalue weighted by atomic mass is 16.5. The molecule has 0 radical (unpaired) electrons. The first-order valence-electron chi connectivity index (χ1n) is 6.43. The van der Waals surface area contributed by atoms with E-state index in [1.165, 1.54) is 7.11 Å². The van der Waals surface area contributed by atoms with Gasteiger partial charge in [0.05, 0.1) is 7.11 Å². The summed E-state index contributed by atoms with van der Waals surface area (Å²) >= 11 is 0. The minimum Gasteiger partial charge on any atom is -0.491 e. The predicted octanol–water partition coefficient (Wildman–Crippen LogP) is 2.30. The van der Waals surface area contributed by atoms with Crippen LogP contribution >= 0.6 is 0 Å². The van der Waals surface area contributed by atoms with E-state index < -0.39 is 5.54 Å². The summed E-state index contributed by atoms with van der Waals surface area (Å²) in [6.45, 7) is 7.97. The SMILES string of the molecule is COC(=O)C(C)(COc1cccc(C)c1)NC(C)C. The van der Waals surface area contributed by atoms with Crippen LogP contribution in [-0.2, 0) is 9.53 Å². The molecule has 0 saturated carbocycles. The average molecular weight is 265 g/mol. The Kier molecular flexibility index (Phi) is 5.36. The van der Waals surface area contributed by atoms with Crippen molar-refractivity contribution in [3.8, 4) is 5.75 Å². The van der Waals surface area contributed by atoms with E-state index in [2.05, 4.69) is 5.32 Å². The van der Waals surface area contributed by atoms with Gasteiger partial charge in [-0.3, -0.25) is 5.32 Å². The minimum absolute atomic E-state index is 0.158. The van der Waals surface area contributed by atoms with E-state index in [9.17, 15) is 4.79 Å². The van der Waals surface area contributed by atoms with Crippen LogP contribution in [0.1, 0.15) is 26.3 Å². The number of carbonyl (C=O) groups is 1. The van der Waals surface area contributed by atoms with Crippen molar-refractivity contribution in [2.75, 3.05) is 13.7 Å². The molecule has 1 atom stereocenters. The first-order chi connectivity index (χ1) is 8.87. The zero-order chi connectivity index (χ0) is 14.5. The normalized spacial score (nSPS) is 14.0. The lowest BCUT2D eigenvalue weighted by atomic mass is 10.0. The van der Waals surface area contributed by atoms with E-state index in [0.717, 1.165) is 11.3 Å². The highest BCUT2D eigenvalue weighted by Crippen LogP contribution is 2.16. The third kappa shape index (κ3) is 4.56. The predicted molar refractivity (Wildman–Crippen MR) is 75.4 cm³/mol. The summed E-state index contributed by atoms with van der Waals surface area (Å²) in [4.78, 5) is 11.9. The van der Waals surface area contributed by atoms with Crippen LogP contribution in [0.4, 0.5) is 0 Å². The number of methoxy groups -OCH3 is 1. The van der Waals surface area contributed by atoms with Gasteiger partial charge in [0.15, 0.2) is 0 Å². The first kappa shape index (κ1) is 15.5. The van der Waals surface area contributed by atoms with Crippen molar-refractivity contribution in [3.05, 3.63) is 29.8 Å². The summed E-state index contributed by atoms with van der Waals surface area (Å²) in [7, 11) is 1.38. The van der Waals surface area contributed by atoms with Crippen molar-refractivity contribution in [2.24, 2.45) is 0 Å². The molecule has 1 unspecified atom stereocenters. The van der Waals surface area contributed by atoms with Crippen LogP contribution in [-0.4, -0.2) is 31.3 Å². The van der Waals surface area contributed by atoms with Crippen molar-refractivity contribution in [1.82, 2.24) is 5.32 Å². The van der Waals surface area contributed by atoms with Gasteiger partial charge in [0.2, 0.25) is 0 Å². The number of carbonyl (C=O) groups excluding carboxylic acids is 1. The molecule has 4 nitrogen and oxygen atoms in total. The van der Waals surface area contributed by atoms with Crippen LogP contribution in [0.25, 0.3) is 0 Å². The topological polar surface area (TPSA) is 47.6 Å². The molecule has 1 aromatic carbocycles. The van der Waals surface area contributed by atoms with Crippen molar-refractivity contribution < 1.29 is 14.3 Å². The van der Waals surface area contributed by atoms with E-state index >= 15 is 0 Å². The maximum absolute atomic E-state index is 11.9.